The molecule has 1 aliphatic rings. The number of ether oxygens (including phenoxy) is 3. The number of alkyl carbamates (subject to hydrolysis) is 1. The minimum Gasteiger partial charge on any atom is -0.486 e. The van der Waals surface area contributed by atoms with Crippen LogP contribution in [0.25, 0.3) is 0 Å². The number of carbonyl (C=O) groups is 1. The lowest BCUT2D eigenvalue weighted by Gasteiger charge is -2.30. The molecule has 0 bridgehead atoms. The van der Waals surface area contributed by atoms with Crippen molar-refractivity contribution in [2.24, 2.45) is 5.92 Å². The summed E-state index contributed by atoms with van der Waals surface area (Å²) in [4.78, 5) is 13.7. The monoisotopic (exact) mass is 536 g/mol. The number of aliphatic hydroxyl groups excluding tert-OH is 1. The van der Waals surface area contributed by atoms with Gasteiger partial charge in [-0.25, -0.2) is 9.10 Å². The number of amides is 1. The Morgan fingerprint density at radius 3 is 2.29 bits per heavy atom. The molecule has 1 amide bonds. The van der Waals surface area contributed by atoms with E-state index in [0.717, 1.165) is 34.1 Å². The molecule has 3 aromatic rings. The normalized spacial score (nSPS) is 14.2. The lowest BCUT2D eigenvalue weighted by molar-refractivity contribution is 0.0892. The molecule has 4 rings (SSSR count). The number of benzene rings is 3. The molecule has 0 radical (unpaired) electrons. The maximum absolute atomic E-state index is 12.7. The topological polar surface area (TPSA) is 80.3 Å². The number of carbonyl (C=O) groups excluding carboxylic acids is 1. The van der Waals surface area contributed by atoms with Gasteiger partial charge in [0.15, 0.2) is 11.5 Å². The zero-order valence-corrected chi connectivity index (χ0v) is 22.7. The highest BCUT2D eigenvalue weighted by molar-refractivity contribution is 7.97. The van der Waals surface area contributed by atoms with Gasteiger partial charge in [-0.05, 0) is 53.6 Å². The third-order valence-electron chi connectivity index (χ3n) is 5.99. The third kappa shape index (κ3) is 8.68. The Bertz CT molecular complexity index is 1150. The summed E-state index contributed by atoms with van der Waals surface area (Å²) in [5.41, 5.74) is 1.93. The van der Waals surface area contributed by atoms with Gasteiger partial charge in [-0.1, -0.05) is 74.5 Å². The van der Waals surface area contributed by atoms with Crippen molar-refractivity contribution in [2.75, 3.05) is 26.3 Å². The van der Waals surface area contributed by atoms with Crippen molar-refractivity contribution in [3.63, 3.8) is 0 Å². The molecule has 202 valence electrons. The van der Waals surface area contributed by atoms with E-state index in [4.69, 9.17) is 14.2 Å². The summed E-state index contributed by atoms with van der Waals surface area (Å²) in [5.74, 6) is 1.86. The zero-order valence-electron chi connectivity index (χ0n) is 21.9. The van der Waals surface area contributed by atoms with Crippen molar-refractivity contribution in [1.29, 1.82) is 0 Å². The molecular formula is C30H36N2O5S. The van der Waals surface area contributed by atoms with E-state index in [1.807, 2.05) is 78.9 Å². The summed E-state index contributed by atoms with van der Waals surface area (Å²) in [6.45, 7) is 6.65. The van der Waals surface area contributed by atoms with E-state index in [2.05, 4.69) is 23.5 Å². The van der Waals surface area contributed by atoms with E-state index in [0.29, 0.717) is 32.1 Å². The number of nitrogens with one attached hydrogen (secondary N) is 1. The molecule has 0 aliphatic carbocycles. The van der Waals surface area contributed by atoms with Crippen molar-refractivity contribution in [1.82, 2.24) is 9.62 Å². The highest BCUT2D eigenvalue weighted by Crippen LogP contribution is 2.35. The van der Waals surface area contributed by atoms with Gasteiger partial charge >= 0.3 is 6.09 Å². The predicted molar refractivity (Wildman–Crippen MR) is 149 cm³/mol. The molecule has 38 heavy (non-hydrogen) atoms. The van der Waals surface area contributed by atoms with Gasteiger partial charge in [0.05, 0.1) is 12.1 Å². The van der Waals surface area contributed by atoms with Gasteiger partial charge in [-0.2, -0.15) is 0 Å². The molecule has 0 saturated heterocycles. The smallest absolute Gasteiger partial charge is 0.407 e. The first-order chi connectivity index (χ1) is 18.5. The molecule has 3 aromatic carbocycles. The number of hydrogen-bond donors (Lipinski definition) is 2. The Hall–Kier alpha value is -3.20. The Morgan fingerprint density at radius 1 is 0.947 bits per heavy atom. The van der Waals surface area contributed by atoms with Gasteiger partial charge < -0.3 is 24.6 Å². The lowest BCUT2D eigenvalue weighted by Crippen LogP contribution is -2.49. The average Bonchev–Trinajstić information content (AvgIpc) is 2.92. The van der Waals surface area contributed by atoms with E-state index in [-0.39, 0.29) is 6.61 Å². The van der Waals surface area contributed by atoms with Crippen LogP contribution in [0, 0.1) is 5.92 Å². The molecular weight excluding hydrogens is 500 g/mol. The van der Waals surface area contributed by atoms with Crippen molar-refractivity contribution in [3.8, 4) is 11.5 Å². The van der Waals surface area contributed by atoms with E-state index >= 15 is 0 Å². The van der Waals surface area contributed by atoms with E-state index in [1.165, 1.54) is 0 Å². The summed E-state index contributed by atoms with van der Waals surface area (Å²) in [5, 5.41) is 14.3. The van der Waals surface area contributed by atoms with Gasteiger partial charge in [-0.15, -0.1) is 0 Å². The second kappa shape index (κ2) is 14.1. The number of hydrogen-bond acceptors (Lipinski definition) is 7. The van der Waals surface area contributed by atoms with Crippen LogP contribution in [-0.2, 0) is 17.8 Å². The third-order valence-corrected chi connectivity index (χ3v) is 7.01. The van der Waals surface area contributed by atoms with Crippen LogP contribution in [0.4, 0.5) is 4.79 Å². The molecule has 1 heterocycles. The minimum absolute atomic E-state index is 0.167. The van der Waals surface area contributed by atoms with Crippen LogP contribution < -0.4 is 14.8 Å². The zero-order chi connectivity index (χ0) is 26.7. The molecule has 8 heteroatoms. The average molecular weight is 537 g/mol. The molecule has 1 aliphatic heterocycles. The van der Waals surface area contributed by atoms with Crippen LogP contribution in [0.3, 0.4) is 0 Å². The predicted octanol–water partition coefficient (Wildman–Crippen LogP) is 5.32. The van der Waals surface area contributed by atoms with Crippen LogP contribution in [0.15, 0.2) is 83.8 Å². The fraction of sp³-hybridized carbons (Fsp3) is 0.367. The van der Waals surface area contributed by atoms with Gasteiger partial charge in [0, 0.05) is 18.0 Å². The number of fused-ring (bicyclic) bond motifs is 1. The van der Waals surface area contributed by atoms with Crippen molar-refractivity contribution in [3.05, 3.63) is 90.0 Å². The highest BCUT2D eigenvalue weighted by atomic mass is 32.2. The van der Waals surface area contributed by atoms with Crippen LogP contribution >= 0.6 is 11.9 Å². The van der Waals surface area contributed by atoms with Gasteiger partial charge in [-0.3, -0.25) is 0 Å². The van der Waals surface area contributed by atoms with Gasteiger partial charge in [0.25, 0.3) is 0 Å². The Labute approximate surface area is 229 Å². The van der Waals surface area contributed by atoms with E-state index < -0.39 is 18.2 Å². The fourth-order valence-electron chi connectivity index (χ4n) is 4.19. The van der Waals surface area contributed by atoms with E-state index in [9.17, 15) is 9.90 Å². The number of aliphatic hydroxyl groups is 1. The molecule has 0 aromatic heterocycles. The van der Waals surface area contributed by atoms with E-state index in [1.54, 1.807) is 11.9 Å². The summed E-state index contributed by atoms with van der Waals surface area (Å²) in [6, 6.07) is 24.7. The SMILES string of the molecule is CC(C)CN(C[C@@H](O)[C@H](Cc1ccccc1)NC(=O)OCc1ccccc1)Sc1ccc2c(c1)OCCO2. The Morgan fingerprint density at radius 2 is 1.61 bits per heavy atom. The quantitative estimate of drug-likeness (QED) is 0.303. The molecule has 0 unspecified atom stereocenters. The molecule has 2 N–H and O–H groups in total. The molecule has 7 nitrogen and oxygen atoms in total. The Kier molecular flexibility index (Phi) is 10.3. The summed E-state index contributed by atoms with van der Waals surface area (Å²) in [6.07, 6.45) is -0.904. The van der Waals surface area contributed by atoms with Crippen LogP contribution in [0.1, 0.15) is 25.0 Å². The van der Waals surface area contributed by atoms with Crippen LogP contribution in [-0.4, -0.2) is 54.0 Å². The molecule has 2 atom stereocenters. The summed E-state index contributed by atoms with van der Waals surface area (Å²) in [7, 11) is 0. The highest BCUT2D eigenvalue weighted by Gasteiger charge is 2.26. The van der Waals surface area contributed by atoms with Crippen molar-refractivity contribution in [2.45, 2.75) is 43.9 Å². The van der Waals surface area contributed by atoms with Crippen LogP contribution in [0.5, 0.6) is 11.5 Å². The second-order valence-corrected chi connectivity index (χ2v) is 10.9. The van der Waals surface area contributed by atoms with Crippen molar-refractivity contribution < 1.29 is 24.1 Å². The standard InChI is InChI=1S/C30H36N2O5S/c1-22(2)19-32(38-25-13-14-28-29(18-25)36-16-15-35-28)20-27(33)26(17-23-9-5-3-6-10-23)31-30(34)37-21-24-11-7-4-8-12-24/h3-14,18,22,26-27,33H,15-17,19-21H2,1-2H3,(H,31,34)/t26-,27+/m0/s1. The summed E-state index contributed by atoms with van der Waals surface area (Å²) >= 11 is 1.56. The largest absolute Gasteiger partial charge is 0.486 e. The molecule has 0 fully saturated rings. The molecule has 0 spiro atoms. The van der Waals surface area contributed by atoms with Crippen LogP contribution in [0.2, 0.25) is 0 Å². The first kappa shape index (κ1) is 27.8. The van der Waals surface area contributed by atoms with Gasteiger partial charge in [0.1, 0.15) is 19.8 Å². The van der Waals surface area contributed by atoms with Crippen molar-refractivity contribution >= 4 is 18.0 Å². The lowest BCUT2D eigenvalue weighted by atomic mass is 10.0. The maximum atomic E-state index is 12.7. The molecule has 0 saturated carbocycles. The Balaban J connectivity index is 1.44. The number of nitrogens with zero attached hydrogens (tertiary/aromatic N) is 1. The minimum atomic E-state index is -0.831. The maximum Gasteiger partial charge on any atom is 0.407 e. The second-order valence-electron chi connectivity index (χ2n) is 9.71. The summed E-state index contributed by atoms with van der Waals surface area (Å²) < 4.78 is 19.0. The first-order valence-corrected chi connectivity index (χ1v) is 13.8. The first-order valence-electron chi connectivity index (χ1n) is 13.0. The number of rotatable bonds is 12. The fourth-order valence-corrected chi connectivity index (χ4v) is 5.38. The van der Waals surface area contributed by atoms with Gasteiger partial charge in [0.2, 0.25) is 0 Å².